The molecule has 0 aromatic heterocycles. The first kappa shape index (κ1) is 15.3. The molecule has 1 amide bonds. The van der Waals surface area contributed by atoms with Gasteiger partial charge in [-0.3, -0.25) is 4.79 Å². The molecule has 1 aliphatic carbocycles. The molecular weight excluding hydrogens is 308 g/mol. The maximum absolute atomic E-state index is 12.1. The lowest BCUT2D eigenvalue weighted by Gasteiger charge is -2.20. The molecule has 0 aromatic carbocycles. The number of sulfone groups is 1. The highest BCUT2D eigenvalue weighted by Gasteiger charge is 2.47. The Morgan fingerprint density at radius 2 is 2.00 bits per heavy atom. The Kier molecular flexibility index (Phi) is 4.32. The summed E-state index contributed by atoms with van der Waals surface area (Å²) in [5.74, 6) is 0.853. The zero-order chi connectivity index (χ0) is 15.0. The summed E-state index contributed by atoms with van der Waals surface area (Å²) in [6.07, 6.45) is 6.57. The molecule has 2 saturated heterocycles. The van der Waals surface area contributed by atoms with Gasteiger partial charge in [-0.2, -0.15) is 4.99 Å². The molecule has 0 spiro atoms. The van der Waals surface area contributed by atoms with Crippen molar-refractivity contribution >= 4 is 32.7 Å². The van der Waals surface area contributed by atoms with Crippen molar-refractivity contribution in [1.29, 1.82) is 0 Å². The largest absolute Gasteiger partial charge is 0.349 e. The lowest BCUT2D eigenvalue weighted by atomic mass is 9.87. The van der Waals surface area contributed by atoms with Gasteiger partial charge >= 0.3 is 0 Å². The van der Waals surface area contributed by atoms with E-state index in [2.05, 4.69) is 4.99 Å². The molecule has 3 aliphatic rings. The third-order valence-corrected chi connectivity index (χ3v) is 8.04. The third-order valence-electron chi connectivity index (χ3n) is 4.74. The second-order valence-electron chi connectivity index (χ2n) is 6.41. The lowest BCUT2D eigenvalue weighted by Crippen LogP contribution is -2.34. The Balaban J connectivity index is 1.61. The minimum absolute atomic E-state index is 0.0127. The highest BCUT2D eigenvalue weighted by molar-refractivity contribution is 8.15. The number of hydrogen-bond donors (Lipinski definition) is 0. The Morgan fingerprint density at radius 1 is 1.29 bits per heavy atom. The van der Waals surface area contributed by atoms with E-state index in [-0.39, 0.29) is 28.7 Å². The van der Waals surface area contributed by atoms with Crippen LogP contribution in [0.2, 0.25) is 0 Å². The van der Waals surface area contributed by atoms with E-state index in [4.69, 9.17) is 0 Å². The fourth-order valence-electron chi connectivity index (χ4n) is 3.53. The van der Waals surface area contributed by atoms with Crippen molar-refractivity contribution in [2.24, 2.45) is 10.9 Å². The second-order valence-corrected chi connectivity index (χ2v) is 9.77. The second kappa shape index (κ2) is 5.91. The van der Waals surface area contributed by atoms with Gasteiger partial charge in [0.05, 0.1) is 17.5 Å². The maximum Gasteiger partial charge on any atom is 0.248 e. The van der Waals surface area contributed by atoms with E-state index in [1.54, 1.807) is 0 Å². The molecule has 118 valence electrons. The highest BCUT2D eigenvalue weighted by atomic mass is 32.2. The first-order valence-electron chi connectivity index (χ1n) is 7.66. The van der Waals surface area contributed by atoms with Crippen LogP contribution < -0.4 is 0 Å². The van der Waals surface area contributed by atoms with Gasteiger partial charge in [0.2, 0.25) is 5.91 Å². The van der Waals surface area contributed by atoms with E-state index in [1.165, 1.54) is 31.0 Å². The molecule has 0 aromatic rings. The number of amides is 1. The highest BCUT2D eigenvalue weighted by Crippen LogP contribution is 2.37. The van der Waals surface area contributed by atoms with Gasteiger partial charge < -0.3 is 4.90 Å². The van der Waals surface area contributed by atoms with E-state index in [1.807, 2.05) is 11.9 Å². The normalized spacial score (nSPS) is 34.3. The fraction of sp³-hybridized carbons (Fsp3) is 0.857. The predicted molar refractivity (Wildman–Crippen MR) is 85.2 cm³/mol. The molecule has 3 rings (SSSR count). The van der Waals surface area contributed by atoms with Crippen LogP contribution in [0.15, 0.2) is 4.99 Å². The van der Waals surface area contributed by atoms with Gasteiger partial charge in [0.15, 0.2) is 15.0 Å². The molecule has 3 fully saturated rings. The minimum atomic E-state index is -2.92. The molecule has 0 unspecified atom stereocenters. The fourth-order valence-corrected chi connectivity index (χ4v) is 7.54. The Bertz CT molecular complexity index is 553. The first-order valence-corrected chi connectivity index (χ1v) is 10.4. The van der Waals surface area contributed by atoms with E-state index in [0.29, 0.717) is 17.5 Å². The van der Waals surface area contributed by atoms with Crippen molar-refractivity contribution in [3.05, 3.63) is 0 Å². The quantitative estimate of drug-likeness (QED) is 0.771. The number of aliphatic imine (C=N–C) groups is 1. The number of fused-ring (bicyclic) bond motifs is 1. The van der Waals surface area contributed by atoms with Crippen LogP contribution in [0.5, 0.6) is 0 Å². The summed E-state index contributed by atoms with van der Waals surface area (Å²) in [5, 5.41) is 0.752. The number of hydrogen-bond acceptors (Lipinski definition) is 4. The molecular formula is C14H22N2O3S2. The summed E-state index contributed by atoms with van der Waals surface area (Å²) < 4.78 is 23.3. The molecule has 2 atom stereocenters. The third kappa shape index (κ3) is 3.44. The smallest absolute Gasteiger partial charge is 0.248 e. The zero-order valence-electron chi connectivity index (χ0n) is 12.3. The minimum Gasteiger partial charge on any atom is -0.349 e. The van der Waals surface area contributed by atoms with Gasteiger partial charge in [-0.15, -0.1) is 0 Å². The van der Waals surface area contributed by atoms with Crippen LogP contribution in [0, 0.1) is 5.92 Å². The van der Waals surface area contributed by atoms with Crippen molar-refractivity contribution in [1.82, 2.24) is 4.90 Å². The number of carbonyl (C=O) groups is 1. The van der Waals surface area contributed by atoms with Gasteiger partial charge in [0.25, 0.3) is 0 Å². The number of carbonyl (C=O) groups excluding carboxylic acids is 1. The van der Waals surface area contributed by atoms with Crippen LogP contribution in [-0.2, 0) is 14.6 Å². The standard InChI is InChI=1S/C14H22N2O3S2/c1-16-11-8-21(18,19)9-12(11)20-14(16)15-13(17)7-10-5-3-2-4-6-10/h10-12H,2-9H2,1H3/t11-,12-/m0/s1. The van der Waals surface area contributed by atoms with Crippen LogP contribution in [0.25, 0.3) is 0 Å². The number of rotatable bonds is 2. The summed E-state index contributed by atoms with van der Waals surface area (Å²) in [4.78, 5) is 18.3. The van der Waals surface area contributed by atoms with Gasteiger partial charge in [0, 0.05) is 18.7 Å². The van der Waals surface area contributed by atoms with E-state index in [0.717, 1.165) is 12.8 Å². The summed E-state index contributed by atoms with van der Waals surface area (Å²) >= 11 is 1.46. The van der Waals surface area contributed by atoms with Gasteiger partial charge in [-0.25, -0.2) is 8.42 Å². The summed E-state index contributed by atoms with van der Waals surface area (Å²) in [7, 11) is -1.06. The summed E-state index contributed by atoms with van der Waals surface area (Å²) in [6, 6.07) is -0.0127. The van der Waals surface area contributed by atoms with Crippen molar-refractivity contribution in [2.75, 3.05) is 18.6 Å². The van der Waals surface area contributed by atoms with Crippen molar-refractivity contribution in [3.8, 4) is 0 Å². The van der Waals surface area contributed by atoms with Crippen molar-refractivity contribution in [3.63, 3.8) is 0 Å². The zero-order valence-corrected chi connectivity index (χ0v) is 14.0. The summed E-state index contributed by atoms with van der Waals surface area (Å²) in [6.45, 7) is 0. The number of nitrogens with zero attached hydrogens (tertiary/aromatic N) is 2. The SMILES string of the molecule is CN1C(=NC(=O)CC2CCCCC2)S[C@H]2CS(=O)(=O)C[C@@H]21. The van der Waals surface area contributed by atoms with Gasteiger partial charge in [0.1, 0.15) is 0 Å². The molecule has 2 heterocycles. The summed E-state index contributed by atoms with van der Waals surface area (Å²) in [5.41, 5.74) is 0. The van der Waals surface area contributed by atoms with Crippen LogP contribution in [0.3, 0.4) is 0 Å². The molecule has 0 N–H and O–H groups in total. The van der Waals surface area contributed by atoms with E-state index in [9.17, 15) is 13.2 Å². The molecule has 1 saturated carbocycles. The van der Waals surface area contributed by atoms with Crippen LogP contribution in [0.4, 0.5) is 0 Å². The number of amidine groups is 1. The lowest BCUT2D eigenvalue weighted by molar-refractivity contribution is -0.118. The Hall–Kier alpha value is -0.560. The van der Waals surface area contributed by atoms with Crippen LogP contribution in [0.1, 0.15) is 38.5 Å². The molecule has 5 nitrogen and oxygen atoms in total. The van der Waals surface area contributed by atoms with Crippen molar-refractivity contribution < 1.29 is 13.2 Å². The van der Waals surface area contributed by atoms with Crippen LogP contribution >= 0.6 is 11.8 Å². The van der Waals surface area contributed by atoms with Crippen molar-refractivity contribution in [2.45, 2.75) is 49.8 Å². The topological polar surface area (TPSA) is 66.8 Å². The maximum atomic E-state index is 12.1. The Morgan fingerprint density at radius 3 is 2.67 bits per heavy atom. The molecule has 2 aliphatic heterocycles. The average Bonchev–Trinajstić information content (AvgIpc) is 2.85. The van der Waals surface area contributed by atoms with Gasteiger partial charge in [-0.1, -0.05) is 31.0 Å². The van der Waals surface area contributed by atoms with E-state index < -0.39 is 9.84 Å². The monoisotopic (exact) mass is 330 g/mol. The molecule has 0 radical (unpaired) electrons. The first-order chi connectivity index (χ1) is 9.94. The molecule has 21 heavy (non-hydrogen) atoms. The molecule has 7 heteroatoms. The van der Waals surface area contributed by atoms with E-state index >= 15 is 0 Å². The Labute approximate surface area is 130 Å². The van der Waals surface area contributed by atoms with Gasteiger partial charge in [-0.05, 0) is 18.8 Å². The molecule has 0 bridgehead atoms. The number of thioether (sulfide) groups is 1. The predicted octanol–water partition coefficient (Wildman–Crippen LogP) is 1.68. The van der Waals surface area contributed by atoms with Crippen LogP contribution in [-0.4, -0.2) is 54.2 Å². The average molecular weight is 330 g/mol.